The number of carbonyl (C=O) groups is 1. The number of rotatable bonds is 3. The summed E-state index contributed by atoms with van der Waals surface area (Å²) in [4.78, 5) is 19.7. The maximum atomic E-state index is 13.1. The van der Waals surface area contributed by atoms with Crippen molar-refractivity contribution in [1.29, 1.82) is 0 Å². The van der Waals surface area contributed by atoms with Gasteiger partial charge >= 0.3 is 0 Å². The predicted octanol–water partition coefficient (Wildman–Crippen LogP) is 4.26. The summed E-state index contributed by atoms with van der Waals surface area (Å²) < 4.78 is 1.78. The Morgan fingerprint density at radius 1 is 1.07 bits per heavy atom. The van der Waals surface area contributed by atoms with Gasteiger partial charge in [-0.2, -0.15) is 0 Å². The Morgan fingerprint density at radius 2 is 1.89 bits per heavy atom. The molecular weight excluding hydrogens is 336 g/mol. The lowest BCUT2D eigenvalue weighted by molar-refractivity contribution is 0.0623. The van der Waals surface area contributed by atoms with Crippen molar-refractivity contribution in [3.8, 4) is 17.1 Å². The fourth-order valence-electron chi connectivity index (χ4n) is 3.64. The third kappa shape index (κ3) is 3.50. The van der Waals surface area contributed by atoms with E-state index in [4.69, 9.17) is 0 Å². The van der Waals surface area contributed by atoms with Gasteiger partial charge in [-0.15, -0.1) is 5.10 Å². The molecule has 0 spiro atoms. The first-order chi connectivity index (χ1) is 13.1. The van der Waals surface area contributed by atoms with Gasteiger partial charge in [0.2, 0.25) is 5.82 Å². The Balaban J connectivity index is 1.79. The second-order valence-electron chi connectivity index (χ2n) is 7.22. The smallest absolute Gasteiger partial charge is 0.293 e. The third-order valence-corrected chi connectivity index (χ3v) is 5.14. The zero-order valence-corrected chi connectivity index (χ0v) is 15.8. The van der Waals surface area contributed by atoms with Crippen LogP contribution in [0.2, 0.25) is 0 Å². The van der Waals surface area contributed by atoms with E-state index in [-0.39, 0.29) is 17.8 Å². The average Bonchev–Trinajstić information content (AvgIpc) is 3.14. The van der Waals surface area contributed by atoms with Crippen LogP contribution < -0.4 is 0 Å². The number of nitrogens with zero attached hydrogens (tertiary/aromatic N) is 4. The van der Waals surface area contributed by atoms with Crippen molar-refractivity contribution >= 4 is 5.91 Å². The fourth-order valence-corrected chi connectivity index (χ4v) is 3.64. The zero-order chi connectivity index (χ0) is 18.8. The summed E-state index contributed by atoms with van der Waals surface area (Å²) >= 11 is 0. The molecule has 138 valence electrons. The highest BCUT2D eigenvalue weighted by Crippen LogP contribution is 2.24. The molecule has 3 aromatic rings. The van der Waals surface area contributed by atoms with Crippen molar-refractivity contribution in [2.75, 3.05) is 6.54 Å². The lowest BCUT2D eigenvalue weighted by Gasteiger charge is -2.32. The Kier molecular flexibility index (Phi) is 4.75. The molecule has 0 bridgehead atoms. The van der Waals surface area contributed by atoms with Crippen LogP contribution in [-0.4, -0.2) is 38.2 Å². The van der Waals surface area contributed by atoms with Crippen LogP contribution in [0.25, 0.3) is 17.1 Å². The van der Waals surface area contributed by atoms with Gasteiger partial charge in [0.05, 0.1) is 5.69 Å². The highest BCUT2D eigenvalue weighted by Gasteiger charge is 2.28. The summed E-state index contributed by atoms with van der Waals surface area (Å²) in [5.41, 5.74) is 2.99. The maximum absolute atomic E-state index is 13.1. The van der Waals surface area contributed by atoms with Crippen LogP contribution in [0.15, 0.2) is 54.6 Å². The van der Waals surface area contributed by atoms with Gasteiger partial charge in [-0.1, -0.05) is 42.5 Å². The molecule has 1 aromatic heterocycles. The van der Waals surface area contributed by atoms with Gasteiger partial charge in [0.1, 0.15) is 0 Å². The molecule has 2 heterocycles. The Hall–Kier alpha value is -2.95. The number of aryl methyl sites for hydroxylation is 1. The molecule has 0 unspecified atom stereocenters. The molecule has 0 aliphatic carbocycles. The molecule has 0 radical (unpaired) electrons. The molecule has 4 rings (SSSR count). The maximum Gasteiger partial charge on any atom is 0.293 e. The standard InChI is InChI=1S/C22H24N4O/c1-16-9-8-13-19(15-16)26-21(18-11-4-3-5-12-18)23-20(24-26)22(27)25-14-7-6-10-17(25)2/h3-5,8-9,11-13,15,17H,6-7,10,14H2,1-2H3/t17-/m0/s1. The molecule has 1 saturated heterocycles. The van der Waals surface area contributed by atoms with Crippen molar-refractivity contribution in [3.05, 3.63) is 66.0 Å². The van der Waals surface area contributed by atoms with E-state index < -0.39 is 0 Å². The van der Waals surface area contributed by atoms with E-state index in [1.807, 2.05) is 60.4 Å². The third-order valence-electron chi connectivity index (χ3n) is 5.14. The molecule has 0 N–H and O–H groups in total. The average molecular weight is 360 g/mol. The van der Waals surface area contributed by atoms with Crippen LogP contribution in [0, 0.1) is 6.92 Å². The lowest BCUT2D eigenvalue weighted by Crippen LogP contribution is -2.42. The summed E-state index contributed by atoms with van der Waals surface area (Å²) in [6.45, 7) is 4.93. The molecule has 2 aromatic carbocycles. The molecule has 1 amide bonds. The van der Waals surface area contributed by atoms with Gasteiger partial charge < -0.3 is 4.90 Å². The number of carbonyl (C=O) groups excluding carboxylic acids is 1. The van der Waals surface area contributed by atoms with Crippen LogP contribution in [0.1, 0.15) is 42.4 Å². The molecule has 1 fully saturated rings. The first kappa shape index (κ1) is 17.5. The van der Waals surface area contributed by atoms with Crippen molar-refractivity contribution in [3.63, 3.8) is 0 Å². The Labute approximate surface area is 159 Å². The van der Waals surface area contributed by atoms with Crippen LogP contribution in [-0.2, 0) is 0 Å². The Morgan fingerprint density at radius 3 is 2.63 bits per heavy atom. The van der Waals surface area contributed by atoms with E-state index in [0.717, 1.165) is 36.2 Å². The summed E-state index contributed by atoms with van der Waals surface area (Å²) in [6.07, 6.45) is 3.25. The largest absolute Gasteiger partial charge is 0.333 e. The van der Waals surface area contributed by atoms with Crippen LogP contribution in [0.5, 0.6) is 0 Å². The molecule has 5 heteroatoms. The van der Waals surface area contributed by atoms with Crippen molar-refractivity contribution in [1.82, 2.24) is 19.7 Å². The number of hydrogen-bond acceptors (Lipinski definition) is 3. The number of benzene rings is 2. The van der Waals surface area contributed by atoms with E-state index in [0.29, 0.717) is 5.82 Å². The normalized spacial score (nSPS) is 17.1. The second kappa shape index (κ2) is 7.35. The lowest BCUT2D eigenvalue weighted by atomic mass is 10.0. The summed E-state index contributed by atoms with van der Waals surface area (Å²) in [5, 5.41) is 4.62. The molecule has 27 heavy (non-hydrogen) atoms. The number of likely N-dealkylation sites (tertiary alicyclic amines) is 1. The van der Waals surface area contributed by atoms with Crippen molar-refractivity contribution in [2.45, 2.75) is 39.2 Å². The van der Waals surface area contributed by atoms with Crippen LogP contribution in [0.4, 0.5) is 0 Å². The minimum Gasteiger partial charge on any atom is -0.333 e. The molecule has 1 atom stereocenters. The highest BCUT2D eigenvalue weighted by molar-refractivity contribution is 5.91. The summed E-state index contributed by atoms with van der Waals surface area (Å²) in [5.74, 6) is 0.879. The highest BCUT2D eigenvalue weighted by atomic mass is 16.2. The van der Waals surface area contributed by atoms with Crippen molar-refractivity contribution < 1.29 is 4.79 Å². The van der Waals surface area contributed by atoms with Gasteiger partial charge in [0.15, 0.2) is 5.82 Å². The topological polar surface area (TPSA) is 51.0 Å². The number of amides is 1. The molecular formula is C22H24N4O. The van der Waals surface area contributed by atoms with Crippen molar-refractivity contribution in [2.24, 2.45) is 0 Å². The van der Waals surface area contributed by atoms with Gasteiger partial charge in [-0.05, 0) is 50.8 Å². The second-order valence-corrected chi connectivity index (χ2v) is 7.22. The number of piperidine rings is 1. The molecule has 0 saturated carbocycles. The van der Waals surface area contributed by atoms with E-state index in [2.05, 4.69) is 23.1 Å². The summed E-state index contributed by atoms with van der Waals surface area (Å²) in [7, 11) is 0. The monoisotopic (exact) mass is 360 g/mol. The quantitative estimate of drug-likeness (QED) is 0.701. The summed E-state index contributed by atoms with van der Waals surface area (Å²) in [6, 6.07) is 18.2. The molecule has 1 aliphatic heterocycles. The zero-order valence-electron chi connectivity index (χ0n) is 15.8. The van der Waals surface area contributed by atoms with Gasteiger partial charge in [0.25, 0.3) is 5.91 Å². The SMILES string of the molecule is Cc1cccc(-n2nc(C(=O)N3CCCC[C@@H]3C)nc2-c2ccccc2)c1. The number of aromatic nitrogens is 3. The van der Waals surface area contributed by atoms with E-state index in [9.17, 15) is 4.79 Å². The molecule has 1 aliphatic rings. The van der Waals surface area contributed by atoms with E-state index >= 15 is 0 Å². The Bertz CT molecular complexity index is 948. The first-order valence-corrected chi connectivity index (χ1v) is 9.54. The van der Waals surface area contributed by atoms with Crippen LogP contribution >= 0.6 is 0 Å². The van der Waals surface area contributed by atoms with Gasteiger partial charge in [-0.3, -0.25) is 4.79 Å². The first-order valence-electron chi connectivity index (χ1n) is 9.54. The molecule has 5 nitrogen and oxygen atoms in total. The minimum atomic E-state index is -0.0780. The minimum absolute atomic E-state index is 0.0780. The fraction of sp³-hybridized carbons (Fsp3) is 0.318. The van der Waals surface area contributed by atoms with Crippen LogP contribution in [0.3, 0.4) is 0 Å². The van der Waals surface area contributed by atoms with Gasteiger partial charge in [-0.25, -0.2) is 9.67 Å². The predicted molar refractivity (Wildman–Crippen MR) is 106 cm³/mol. The van der Waals surface area contributed by atoms with E-state index in [1.54, 1.807) is 4.68 Å². The number of hydrogen-bond donors (Lipinski definition) is 0. The van der Waals surface area contributed by atoms with E-state index in [1.165, 1.54) is 6.42 Å². The van der Waals surface area contributed by atoms with Gasteiger partial charge in [0, 0.05) is 18.2 Å².